The van der Waals surface area contributed by atoms with Gasteiger partial charge in [0.05, 0.1) is 0 Å². The molecule has 0 amide bonds. The normalized spacial score (nSPS) is 10.3. The van der Waals surface area contributed by atoms with Crippen LogP contribution in [-0.2, 0) is 0 Å². The molecule has 0 aliphatic carbocycles. The Kier molecular flexibility index (Phi) is 2.40. The number of pyridine rings is 1. The number of nitrogens with one attached hydrogen (secondary N) is 1. The van der Waals surface area contributed by atoms with Crippen LogP contribution < -0.4 is 11.0 Å². The van der Waals surface area contributed by atoms with Gasteiger partial charge in [0.2, 0.25) is 5.56 Å². The quantitative estimate of drug-likeness (QED) is 0.506. The molecule has 2 aromatic heterocycles. The van der Waals surface area contributed by atoms with E-state index in [1.165, 1.54) is 12.4 Å². The van der Waals surface area contributed by atoms with Gasteiger partial charge in [-0.25, -0.2) is 4.98 Å². The minimum Gasteiger partial charge on any atom is -0.423 e. The number of rotatable bonds is 2. The zero-order valence-corrected chi connectivity index (χ0v) is 7.66. The summed E-state index contributed by atoms with van der Waals surface area (Å²) in [7, 11) is -1.66. The molecule has 76 valence electrons. The maximum atomic E-state index is 11.2. The molecule has 0 aromatic carbocycles. The van der Waals surface area contributed by atoms with Crippen molar-refractivity contribution in [1.29, 1.82) is 0 Å². The van der Waals surface area contributed by atoms with Gasteiger partial charge >= 0.3 is 7.12 Å². The fourth-order valence-corrected chi connectivity index (χ4v) is 1.24. The largest absolute Gasteiger partial charge is 0.488 e. The molecule has 0 saturated carbocycles. The van der Waals surface area contributed by atoms with Crippen molar-refractivity contribution in [2.24, 2.45) is 0 Å². The Balaban J connectivity index is 2.54. The van der Waals surface area contributed by atoms with Gasteiger partial charge in [-0.2, -0.15) is 0 Å². The van der Waals surface area contributed by atoms with E-state index in [0.717, 1.165) is 6.07 Å². The van der Waals surface area contributed by atoms with E-state index >= 15 is 0 Å². The standard InChI is InChI=1S/C8H8BN3O3/c13-8-4-6(9(14)15)3-7(11-8)12-2-1-10-5-12/h1-5,14-15H,(H,11,13). The van der Waals surface area contributed by atoms with Crippen molar-refractivity contribution in [3.8, 4) is 5.82 Å². The molecule has 0 saturated heterocycles. The van der Waals surface area contributed by atoms with Crippen LogP contribution in [0.25, 0.3) is 5.82 Å². The Morgan fingerprint density at radius 3 is 2.80 bits per heavy atom. The van der Waals surface area contributed by atoms with E-state index in [1.807, 2.05) is 0 Å². The molecule has 0 unspecified atom stereocenters. The van der Waals surface area contributed by atoms with Crippen LogP contribution in [0.3, 0.4) is 0 Å². The molecule has 7 heteroatoms. The van der Waals surface area contributed by atoms with Crippen molar-refractivity contribution < 1.29 is 10.0 Å². The van der Waals surface area contributed by atoms with Crippen LogP contribution in [0.5, 0.6) is 0 Å². The topological polar surface area (TPSA) is 91.1 Å². The second-order valence-electron chi connectivity index (χ2n) is 3.01. The number of hydrogen-bond donors (Lipinski definition) is 3. The highest BCUT2D eigenvalue weighted by Crippen LogP contribution is 1.98. The van der Waals surface area contributed by atoms with Gasteiger partial charge < -0.3 is 15.0 Å². The first-order valence-electron chi connectivity index (χ1n) is 4.25. The lowest BCUT2D eigenvalue weighted by atomic mass is 9.81. The molecule has 0 radical (unpaired) electrons. The number of imidazole rings is 1. The van der Waals surface area contributed by atoms with Gasteiger partial charge in [0.15, 0.2) is 0 Å². The molecule has 0 atom stereocenters. The molecule has 2 aromatic rings. The van der Waals surface area contributed by atoms with Crippen molar-refractivity contribution in [3.05, 3.63) is 41.2 Å². The zero-order chi connectivity index (χ0) is 10.8. The van der Waals surface area contributed by atoms with E-state index in [2.05, 4.69) is 9.97 Å². The van der Waals surface area contributed by atoms with Crippen LogP contribution in [0.2, 0.25) is 0 Å². The van der Waals surface area contributed by atoms with E-state index in [-0.39, 0.29) is 5.46 Å². The Labute approximate surface area is 85.0 Å². The summed E-state index contributed by atoms with van der Waals surface area (Å²) in [6.45, 7) is 0. The third-order valence-corrected chi connectivity index (χ3v) is 1.93. The monoisotopic (exact) mass is 205 g/mol. The highest BCUT2D eigenvalue weighted by Gasteiger charge is 2.12. The van der Waals surface area contributed by atoms with E-state index < -0.39 is 12.7 Å². The van der Waals surface area contributed by atoms with Gasteiger partial charge in [0.1, 0.15) is 12.1 Å². The molecule has 0 spiro atoms. The molecule has 0 aliphatic rings. The van der Waals surface area contributed by atoms with Crippen LogP contribution in [0.4, 0.5) is 0 Å². The van der Waals surface area contributed by atoms with Crippen molar-refractivity contribution in [2.75, 3.05) is 0 Å². The number of aromatic amines is 1. The Bertz CT molecular complexity index is 506. The smallest absolute Gasteiger partial charge is 0.423 e. The third kappa shape index (κ3) is 1.98. The second-order valence-corrected chi connectivity index (χ2v) is 3.01. The lowest BCUT2D eigenvalue weighted by molar-refractivity contribution is 0.425. The van der Waals surface area contributed by atoms with E-state index in [0.29, 0.717) is 5.82 Å². The molecular weight excluding hydrogens is 197 g/mol. The summed E-state index contributed by atoms with van der Waals surface area (Å²) in [4.78, 5) is 17.6. The second kappa shape index (κ2) is 3.72. The first-order valence-corrected chi connectivity index (χ1v) is 4.25. The SMILES string of the molecule is O=c1cc(B(O)O)cc(-n2ccnc2)[nH]1. The Hall–Kier alpha value is -1.86. The lowest BCUT2D eigenvalue weighted by Crippen LogP contribution is -2.33. The number of H-pyrrole nitrogens is 1. The molecular formula is C8H8BN3O3. The van der Waals surface area contributed by atoms with E-state index in [9.17, 15) is 4.79 Å². The highest BCUT2D eigenvalue weighted by atomic mass is 16.4. The van der Waals surface area contributed by atoms with Gasteiger partial charge in [-0.1, -0.05) is 0 Å². The average molecular weight is 205 g/mol. The first-order chi connectivity index (χ1) is 7.16. The van der Waals surface area contributed by atoms with E-state index in [1.54, 1.807) is 17.0 Å². The maximum absolute atomic E-state index is 11.2. The molecule has 3 N–H and O–H groups in total. The molecule has 2 rings (SSSR count). The van der Waals surface area contributed by atoms with Crippen molar-refractivity contribution >= 4 is 12.6 Å². The predicted octanol–water partition coefficient (Wildman–Crippen LogP) is -1.76. The Morgan fingerprint density at radius 2 is 2.20 bits per heavy atom. The average Bonchev–Trinajstić information content (AvgIpc) is 2.69. The third-order valence-electron chi connectivity index (χ3n) is 1.93. The molecule has 15 heavy (non-hydrogen) atoms. The minimum atomic E-state index is -1.66. The summed E-state index contributed by atoms with van der Waals surface area (Å²) in [5, 5.41) is 17.9. The lowest BCUT2D eigenvalue weighted by Gasteiger charge is -2.04. The minimum absolute atomic E-state index is 0.141. The molecule has 6 nitrogen and oxygen atoms in total. The molecule has 0 bridgehead atoms. The van der Waals surface area contributed by atoms with Gasteiger partial charge in [0, 0.05) is 18.5 Å². The number of hydrogen-bond acceptors (Lipinski definition) is 4. The van der Waals surface area contributed by atoms with Gasteiger partial charge in [0.25, 0.3) is 0 Å². The van der Waals surface area contributed by atoms with Crippen LogP contribution in [0.15, 0.2) is 35.6 Å². The van der Waals surface area contributed by atoms with E-state index in [4.69, 9.17) is 10.0 Å². The fraction of sp³-hybridized carbons (Fsp3) is 0. The van der Waals surface area contributed by atoms with Gasteiger partial charge in [-0.15, -0.1) is 0 Å². The summed E-state index contributed by atoms with van der Waals surface area (Å²) >= 11 is 0. The number of nitrogens with zero attached hydrogens (tertiary/aromatic N) is 2. The van der Waals surface area contributed by atoms with Crippen molar-refractivity contribution in [3.63, 3.8) is 0 Å². The number of aromatic nitrogens is 3. The summed E-state index contributed by atoms with van der Waals surface area (Å²) < 4.78 is 1.56. The summed E-state index contributed by atoms with van der Waals surface area (Å²) in [6, 6.07) is 2.60. The molecule has 0 fully saturated rings. The van der Waals surface area contributed by atoms with Gasteiger partial charge in [-0.05, 0) is 11.5 Å². The Morgan fingerprint density at radius 1 is 1.40 bits per heavy atom. The van der Waals surface area contributed by atoms with Crippen molar-refractivity contribution in [1.82, 2.24) is 14.5 Å². The predicted molar refractivity (Wildman–Crippen MR) is 54.0 cm³/mol. The van der Waals surface area contributed by atoms with Crippen molar-refractivity contribution in [2.45, 2.75) is 0 Å². The highest BCUT2D eigenvalue weighted by molar-refractivity contribution is 6.58. The van der Waals surface area contributed by atoms with Crippen LogP contribution in [0.1, 0.15) is 0 Å². The van der Waals surface area contributed by atoms with Gasteiger partial charge in [-0.3, -0.25) is 9.36 Å². The zero-order valence-electron chi connectivity index (χ0n) is 7.66. The summed E-state index contributed by atoms with van der Waals surface area (Å²) in [5.41, 5.74) is -0.258. The van der Waals surface area contributed by atoms with Crippen LogP contribution >= 0.6 is 0 Å². The molecule has 2 heterocycles. The van der Waals surface area contributed by atoms with Crippen LogP contribution in [-0.4, -0.2) is 31.7 Å². The first kappa shape index (κ1) is 9.69. The molecule has 0 aliphatic heterocycles. The summed E-state index contributed by atoms with van der Waals surface area (Å²) in [5.74, 6) is 0.433. The summed E-state index contributed by atoms with van der Waals surface area (Å²) in [6.07, 6.45) is 4.69. The maximum Gasteiger partial charge on any atom is 0.488 e. The fourth-order valence-electron chi connectivity index (χ4n) is 1.24. The van der Waals surface area contributed by atoms with Crippen LogP contribution in [0, 0.1) is 0 Å².